The van der Waals surface area contributed by atoms with Crippen molar-refractivity contribution in [3.8, 4) is 10.4 Å². The average molecular weight is 516 g/mol. The summed E-state index contributed by atoms with van der Waals surface area (Å²) in [5, 5.41) is 7.35. The highest BCUT2D eigenvalue weighted by Gasteiger charge is 2.38. The molecule has 0 radical (unpaired) electrons. The Morgan fingerprint density at radius 2 is 2.09 bits per heavy atom. The maximum atomic E-state index is 13.4. The highest BCUT2D eigenvalue weighted by Crippen LogP contribution is 2.41. The van der Waals surface area contributed by atoms with E-state index in [2.05, 4.69) is 21.0 Å². The van der Waals surface area contributed by atoms with Crippen molar-refractivity contribution in [2.24, 2.45) is 7.05 Å². The van der Waals surface area contributed by atoms with Crippen LogP contribution >= 0.6 is 34.5 Å². The molecule has 170 valence electrons. The van der Waals surface area contributed by atoms with Crippen LogP contribution < -0.4 is 10.0 Å². The Bertz CT molecular complexity index is 1290. The lowest BCUT2D eigenvalue weighted by Crippen LogP contribution is -2.55. The van der Waals surface area contributed by atoms with Crippen LogP contribution in [0.1, 0.15) is 17.3 Å². The molecule has 0 saturated carbocycles. The van der Waals surface area contributed by atoms with E-state index in [-0.39, 0.29) is 5.02 Å². The third kappa shape index (κ3) is 4.57. The largest absolute Gasteiger partial charge is 0.325 e. The van der Waals surface area contributed by atoms with E-state index in [0.29, 0.717) is 17.1 Å². The number of amides is 1. The Labute approximate surface area is 199 Å². The minimum absolute atomic E-state index is 0.101. The summed E-state index contributed by atoms with van der Waals surface area (Å²) in [7, 11) is 0.451. The number of carbonyl (C=O) groups is 1. The van der Waals surface area contributed by atoms with Crippen molar-refractivity contribution >= 4 is 61.9 Å². The quantitative estimate of drug-likeness (QED) is 0.513. The molecule has 3 heterocycles. The molecular formula is C20H20Cl2FN5O2S2. The van der Waals surface area contributed by atoms with Gasteiger partial charge in [0.05, 0.1) is 37.1 Å². The number of benzene rings is 1. The van der Waals surface area contributed by atoms with Gasteiger partial charge < -0.3 is 5.32 Å². The SMILES string of the molecule is C=S1(=O)N[C@H](c2cc(Cl)c(-c3cnn(C)c3)s2)C[C@H](C(=O)Nc2ccc(F)c(Cl)c2)N1C. The summed E-state index contributed by atoms with van der Waals surface area (Å²) >= 11 is 13.7. The van der Waals surface area contributed by atoms with E-state index in [9.17, 15) is 13.4 Å². The average Bonchev–Trinajstić information content (AvgIpc) is 3.32. The number of nitrogens with one attached hydrogen (secondary N) is 2. The van der Waals surface area contributed by atoms with Crippen LogP contribution in [0, 0.1) is 5.82 Å². The summed E-state index contributed by atoms with van der Waals surface area (Å²) in [6, 6.07) is 4.56. The van der Waals surface area contributed by atoms with Gasteiger partial charge in [-0.15, -0.1) is 11.3 Å². The van der Waals surface area contributed by atoms with Crippen LogP contribution in [0.15, 0.2) is 36.7 Å². The first kappa shape index (κ1) is 23.2. The lowest BCUT2D eigenvalue weighted by molar-refractivity contribution is -0.120. The van der Waals surface area contributed by atoms with Gasteiger partial charge >= 0.3 is 0 Å². The van der Waals surface area contributed by atoms with Gasteiger partial charge in [-0.25, -0.2) is 17.6 Å². The van der Waals surface area contributed by atoms with Crippen LogP contribution in [-0.2, 0) is 21.7 Å². The maximum absolute atomic E-state index is 13.4. The molecule has 2 N–H and O–H groups in total. The zero-order chi connectivity index (χ0) is 23.2. The lowest BCUT2D eigenvalue weighted by atomic mass is 10.1. The number of hydrogen-bond donors (Lipinski definition) is 2. The Morgan fingerprint density at radius 3 is 2.75 bits per heavy atom. The highest BCUT2D eigenvalue weighted by atomic mass is 35.5. The minimum Gasteiger partial charge on any atom is -0.325 e. The van der Waals surface area contributed by atoms with E-state index in [1.807, 2.05) is 19.3 Å². The molecule has 3 aromatic rings. The van der Waals surface area contributed by atoms with Crippen molar-refractivity contribution in [2.45, 2.75) is 18.5 Å². The van der Waals surface area contributed by atoms with Gasteiger partial charge in [-0.2, -0.15) is 5.10 Å². The fourth-order valence-corrected chi connectivity index (χ4v) is 6.65. The van der Waals surface area contributed by atoms with Gasteiger partial charge in [0.2, 0.25) is 5.91 Å². The van der Waals surface area contributed by atoms with Crippen LogP contribution in [0.2, 0.25) is 10.0 Å². The van der Waals surface area contributed by atoms with Crippen LogP contribution in [0.4, 0.5) is 10.1 Å². The van der Waals surface area contributed by atoms with Gasteiger partial charge in [0.15, 0.2) is 0 Å². The molecular weight excluding hydrogens is 496 g/mol. The number of carbonyl (C=O) groups excluding carboxylic acids is 1. The smallest absolute Gasteiger partial charge is 0.242 e. The number of aryl methyl sites for hydroxylation is 1. The summed E-state index contributed by atoms with van der Waals surface area (Å²) < 4.78 is 32.7. The van der Waals surface area contributed by atoms with Crippen molar-refractivity contribution in [3.63, 3.8) is 0 Å². The van der Waals surface area contributed by atoms with Crippen molar-refractivity contribution in [1.82, 2.24) is 18.8 Å². The van der Waals surface area contributed by atoms with E-state index in [1.165, 1.54) is 33.8 Å². The molecule has 12 heteroatoms. The molecule has 1 saturated heterocycles. The summed E-state index contributed by atoms with van der Waals surface area (Å²) in [4.78, 5) is 14.7. The highest BCUT2D eigenvalue weighted by molar-refractivity contribution is 7.96. The number of rotatable bonds is 4. The van der Waals surface area contributed by atoms with Gasteiger partial charge in [0.25, 0.3) is 0 Å². The zero-order valence-corrected chi connectivity index (χ0v) is 20.3. The monoisotopic (exact) mass is 515 g/mol. The normalized spacial score (nSPS) is 23.9. The summed E-state index contributed by atoms with van der Waals surface area (Å²) in [6.45, 7) is 0. The molecule has 1 amide bonds. The second-order valence-corrected chi connectivity index (χ2v) is 11.4. The van der Waals surface area contributed by atoms with Crippen LogP contribution in [0.5, 0.6) is 0 Å². The van der Waals surface area contributed by atoms with Gasteiger partial charge in [-0.1, -0.05) is 23.2 Å². The standard InChI is InChI=1S/C20H20Cl2FN5O2S2/c1-27-10-11(9-24-27)19-14(22)7-18(31-19)16-8-17(28(2)32(3,30)26-16)20(29)25-12-4-5-15(23)13(21)6-12/h4-7,9-10,16-17H,3,8H2,1-2H3,(H,25,29)(H,26,30)/t16-,17+,32?/m0/s1. The van der Waals surface area contributed by atoms with Gasteiger partial charge in [0.1, 0.15) is 11.9 Å². The Hall–Kier alpha value is -1.95. The number of likely N-dealkylation sites (N-methyl/N-ethyl adjacent to an activating group) is 1. The molecule has 32 heavy (non-hydrogen) atoms. The third-order valence-corrected chi connectivity index (χ3v) is 9.03. The van der Waals surface area contributed by atoms with Crippen LogP contribution in [-0.4, -0.2) is 43.2 Å². The van der Waals surface area contributed by atoms with Crippen LogP contribution in [0.3, 0.4) is 0 Å². The predicted octanol–water partition coefficient (Wildman–Crippen LogP) is 4.11. The molecule has 4 rings (SSSR count). The molecule has 3 atom stereocenters. The summed E-state index contributed by atoms with van der Waals surface area (Å²) in [5.74, 6) is 2.82. The molecule has 0 spiro atoms. The van der Waals surface area contributed by atoms with Crippen molar-refractivity contribution in [3.05, 3.63) is 57.4 Å². The Morgan fingerprint density at radius 1 is 1.34 bits per heavy atom. The second kappa shape index (κ2) is 8.77. The number of hydrogen-bond acceptors (Lipinski definition) is 4. The molecule has 1 aliphatic rings. The fourth-order valence-electron chi connectivity index (χ4n) is 3.47. The zero-order valence-electron chi connectivity index (χ0n) is 17.1. The number of anilines is 1. The molecule has 0 aliphatic carbocycles. The topological polar surface area (TPSA) is 79.3 Å². The second-order valence-electron chi connectivity index (χ2n) is 7.46. The number of nitrogens with zero attached hydrogens (tertiary/aromatic N) is 3. The fraction of sp³-hybridized carbons (Fsp3) is 0.250. The number of halogens is 3. The van der Waals surface area contributed by atoms with E-state index >= 15 is 0 Å². The molecule has 2 aromatic heterocycles. The van der Waals surface area contributed by atoms with Gasteiger partial charge in [0, 0.05) is 36.4 Å². The molecule has 1 unspecified atom stereocenters. The van der Waals surface area contributed by atoms with E-state index in [0.717, 1.165) is 15.3 Å². The first-order valence-electron chi connectivity index (χ1n) is 9.47. The molecule has 0 bridgehead atoms. The summed E-state index contributed by atoms with van der Waals surface area (Å²) in [5.41, 5.74) is 1.22. The van der Waals surface area contributed by atoms with Crippen LogP contribution in [0.25, 0.3) is 10.4 Å². The molecule has 1 aliphatic heterocycles. The molecule has 1 aromatic carbocycles. The first-order chi connectivity index (χ1) is 15.0. The van der Waals surface area contributed by atoms with E-state index in [4.69, 9.17) is 23.2 Å². The minimum atomic E-state index is -2.94. The lowest BCUT2D eigenvalue weighted by Gasteiger charge is -2.39. The first-order valence-corrected chi connectivity index (χ1v) is 12.7. The van der Waals surface area contributed by atoms with Gasteiger partial charge in [-0.05, 0) is 36.6 Å². The van der Waals surface area contributed by atoms with Crippen molar-refractivity contribution in [2.75, 3.05) is 12.4 Å². The maximum Gasteiger partial charge on any atom is 0.242 e. The Kier molecular flexibility index (Phi) is 6.36. The van der Waals surface area contributed by atoms with Gasteiger partial charge in [-0.3, -0.25) is 9.48 Å². The van der Waals surface area contributed by atoms with Crippen molar-refractivity contribution in [1.29, 1.82) is 0 Å². The molecule has 7 nitrogen and oxygen atoms in total. The van der Waals surface area contributed by atoms with Crippen molar-refractivity contribution < 1.29 is 13.4 Å². The Balaban J connectivity index is 1.60. The molecule has 1 fully saturated rings. The summed E-state index contributed by atoms with van der Waals surface area (Å²) in [6.07, 6.45) is 3.91. The van der Waals surface area contributed by atoms with E-state index < -0.39 is 33.7 Å². The number of thiophene rings is 1. The number of aromatic nitrogens is 2. The third-order valence-electron chi connectivity index (χ3n) is 5.20. The predicted molar refractivity (Wildman–Crippen MR) is 129 cm³/mol. The van der Waals surface area contributed by atoms with E-state index in [1.54, 1.807) is 17.9 Å².